The van der Waals surface area contributed by atoms with E-state index < -0.39 is 0 Å². The molecule has 1 aliphatic rings. The van der Waals surface area contributed by atoms with Gasteiger partial charge in [0.1, 0.15) is 5.76 Å². The maximum atomic E-state index is 7.39. The molecule has 0 aliphatic heterocycles. The summed E-state index contributed by atoms with van der Waals surface area (Å²) < 4.78 is 5.22. The first-order valence-corrected chi connectivity index (χ1v) is 3.75. The fourth-order valence-electron chi connectivity index (χ4n) is 0.919. The smallest absolute Gasteiger partial charge is 0.142 e. The van der Waals surface area contributed by atoms with Gasteiger partial charge in [0, 0.05) is 0 Å². The molecule has 0 aromatic rings. The minimum atomic E-state index is 0.343. The Hall–Kier alpha value is -1.51. The van der Waals surface area contributed by atoms with Crippen LogP contribution in [0.3, 0.4) is 0 Å². The van der Waals surface area contributed by atoms with E-state index in [1.54, 1.807) is 12.2 Å². The van der Waals surface area contributed by atoms with Crippen molar-refractivity contribution in [3.63, 3.8) is 0 Å². The van der Waals surface area contributed by atoms with Crippen LogP contribution in [0, 0.1) is 5.41 Å². The molecule has 0 saturated carbocycles. The second kappa shape index (κ2) is 3.26. The first kappa shape index (κ1) is 8.59. The van der Waals surface area contributed by atoms with Crippen LogP contribution in [0.5, 0.6) is 0 Å². The molecule has 0 aromatic carbocycles. The fourth-order valence-corrected chi connectivity index (χ4v) is 0.919. The topological polar surface area (TPSA) is 59.1 Å². The Morgan fingerprint density at radius 3 is 2.83 bits per heavy atom. The fraction of sp³-hybridized carbons (Fsp3) is 0.222. The molecule has 0 amide bonds. The SMILES string of the molecule is C=C1C=C(OCC)C(N)=CC1=N. The molecule has 0 heterocycles. The molecule has 0 radical (unpaired) electrons. The zero-order chi connectivity index (χ0) is 9.14. The summed E-state index contributed by atoms with van der Waals surface area (Å²) in [6, 6.07) is 0. The molecule has 0 aromatic heterocycles. The summed E-state index contributed by atoms with van der Waals surface area (Å²) in [5.41, 5.74) is 7.07. The van der Waals surface area contributed by atoms with Crippen LogP contribution in [0.15, 0.2) is 35.8 Å². The summed E-state index contributed by atoms with van der Waals surface area (Å²) in [6.45, 7) is 6.14. The molecule has 3 heteroatoms. The van der Waals surface area contributed by atoms with Gasteiger partial charge in [-0.15, -0.1) is 0 Å². The summed E-state index contributed by atoms with van der Waals surface area (Å²) in [4.78, 5) is 0. The van der Waals surface area contributed by atoms with Gasteiger partial charge in [0.05, 0.1) is 18.0 Å². The number of nitrogens with one attached hydrogen (secondary N) is 1. The van der Waals surface area contributed by atoms with Crippen LogP contribution < -0.4 is 5.73 Å². The van der Waals surface area contributed by atoms with Crippen molar-refractivity contribution in [1.82, 2.24) is 0 Å². The molecule has 64 valence electrons. The zero-order valence-corrected chi connectivity index (χ0v) is 7.05. The number of rotatable bonds is 2. The van der Waals surface area contributed by atoms with Gasteiger partial charge in [-0.2, -0.15) is 0 Å². The van der Waals surface area contributed by atoms with Crippen LogP contribution in [0.2, 0.25) is 0 Å². The van der Waals surface area contributed by atoms with Gasteiger partial charge < -0.3 is 15.9 Å². The second-order valence-electron chi connectivity index (χ2n) is 2.48. The summed E-state index contributed by atoms with van der Waals surface area (Å²) >= 11 is 0. The first-order valence-electron chi connectivity index (χ1n) is 3.75. The maximum absolute atomic E-state index is 7.39. The van der Waals surface area contributed by atoms with Crippen molar-refractivity contribution in [3.05, 3.63) is 35.8 Å². The molecule has 0 spiro atoms. The van der Waals surface area contributed by atoms with Gasteiger partial charge in [-0.1, -0.05) is 6.58 Å². The van der Waals surface area contributed by atoms with E-state index in [-0.39, 0.29) is 0 Å². The van der Waals surface area contributed by atoms with E-state index in [0.717, 1.165) is 0 Å². The molecule has 3 nitrogen and oxygen atoms in total. The zero-order valence-electron chi connectivity index (χ0n) is 7.05. The Labute approximate surface area is 71.7 Å². The van der Waals surface area contributed by atoms with E-state index in [1.807, 2.05) is 6.92 Å². The summed E-state index contributed by atoms with van der Waals surface area (Å²) in [5, 5.41) is 7.39. The Balaban J connectivity index is 2.88. The highest BCUT2D eigenvalue weighted by molar-refractivity contribution is 6.09. The molecule has 0 atom stereocenters. The first-order chi connectivity index (χ1) is 5.65. The Morgan fingerprint density at radius 2 is 2.25 bits per heavy atom. The van der Waals surface area contributed by atoms with Crippen LogP contribution in [0.25, 0.3) is 0 Å². The lowest BCUT2D eigenvalue weighted by Gasteiger charge is -2.14. The van der Waals surface area contributed by atoms with Crippen LogP contribution >= 0.6 is 0 Å². The standard InChI is InChI=1S/C9H12N2O/c1-3-12-9-4-6(2)7(10)5-8(9)11/h4-5,10H,2-3,11H2,1H3. The third-order valence-electron chi connectivity index (χ3n) is 1.54. The number of hydrogen-bond acceptors (Lipinski definition) is 3. The largest absolute Gasteiger partial charge is 0.492 e. The summed E-state index contributed by atoms with van der Waals surface area (Å²) in [6.07, 6.45) is 3.23. The van der Waals surface area contributed by atoms with E-state index in [9.17, 15) is 0 Å². The van der Waals surface area contributed by atoms with Crippen LogP contribution in [0.4, 0.5) is 0 Å². The van der Waals surface area contributed by atoms with Crippen LogP contribution in [-0.2, 0) is 4.74 Å². The van der Waals surface area contributed by atoms with Crippen molar-refractivity contribution in [3.8, 4) is 0 Å². The molecule has 0 saturated heterocycles. The van der Waals surface area contributed by atoms with Gasteiger partial charge in [0.2, 0.25) is 0 Å². The normalized spacial score (nSPS) is 17.1. The average molecular weight is 164 g/mol. The van der Waals surface area contributed by atoms with Crippen LogP contribution in [0.1, 0.15) is 6.92 Å². The van der Waals surface area contributed by atoms with Crippen LogP contribution in [-0.4, -0.2) is 12.3 Å². The van der Waals surface area contributed by atoms with Crippen molar-refractivity contribution in [2.75, 3.05) is 6.61 Å². The van der Waals surface area contributed by atoms with Gasteiger partial charge in [0.15, 0.2) is 0 Å². The lowest BCUT2D eigenvalue weighted by Crippen LogP contribution is -2.13. The molecule has 0 fully saturated rings. The molecule has 3 N–H and O–H groups in total. The minimum Gasteiger partial charge on any atom is -0.492 e. The Bertz CT molecular complexity index is 287. The van der Waals surface area contributed by atoms with Crippen molar-refractivity contribution in [1.29, 1.82) is 5.41 Å². The van der Waals surface area contributed by atoms with Crippen molar-refractivity contribution >= 4 is 5.71 Å². The predicted molar refractivity (Wildman–Crippen MR) is 48.8 cm³/mol. The quantitative estimate of drug-likeness (QED) is 0.647. The molecular weight excluding hydrogens is 152 g/mol. The highest BCUT2D eigenvalue weighted by Crippen LogP contribution is 2.16. The molecule has 1 rings (SSSR count). The maximum Gasteiger partial charge on any atom is 0.142 e. The lowest BCUT2D eigenvalue weighted by molar-refractivity contribution is 0.236. The van der Waals surface area contributed by atoms with E-state index in [0.29, 0.717) is 29.3 Å². The Kier molecular flexibility index (Phi) is 2.33. The van der Waals surface area contributed by atoms with Gasteiger partial charge in [0.25, 0.3) is 0 Å². The molecule has 12 heavy (non-hydrogen) atoms. The lowest BCUT2D eigenvalue weighted by atomic mass is 10.0. The van der Waals surface area contributed by atoms with Crippen molar-refractivity contribution in [2.24, 2.45) is 5.73 Å². The van der Waals surface area contributed by atoms with E-state index in [1.165, 1.54) is 0 Å². The van der Waals surface area contributed by atoms with Crippen molar-refractivity contribution < 1.29 is 4.74 Å². The monoisotopic (exact) mass is 164 g/mol. The minimum absolute atomic E-state index is 0.343. The van der Waals surface area contributed by atoms with Gasteiger partial charge in [-0.05, 0) is 24.6 Å². The van der Waals surface area contributed by atoms with E-state index in [4.69, 9.17) is 15.9 Å². The second-order valence-corrected chi connectivity index (χ2v) is 2.48. The average Bonchev–Trinajstić information content (AvgIpc) is 2.01. The molecule has 1 aliphatic carbocycles. The predicted octanol–water partition coefficient (Wildman–Crippen LogP) is 1.34. The number of hydrogen-bond donors (Lipinski definition) is 2. The van der Waals surface area contributed by atoms with E-state index >= 15 is 0 Å². The highest BCUT2D eigenvalue weighted by atomic mass is 16.5. The molecular formula is C9H12N2O. The van der Waals surface area contributed by atoms with Gasteiger partial charge >= 0.3 is 0 Å². The van der Waals surface area contributed by atoms with Crippen molar-refractivity contribution in [2.45, 2.75) is 6.92 Å². The summed E-state index contributed by atoms with van der Waals surface area (Å²) in [7, 11) is 0. The molecule has 0 unspecified atom stereocenters. The van der Waals surface area contributed by atoms with Gasteiger partial charge in [-0.3, -0.25) is 0 Å². The van der Waals surface area contributed by atoms with Gasteiger partial charge in [-0.25, -0.2) is 0 Å². The third kappa shape index (κ3) is 1.56. The number of ether oxygens (including phenoxy) is 1. The molecule has 0 bridgehead atoms. The number of allylic oxidation sites excluding steroid dienone is 3. The highest BCUT2D eigenvalue weighted by Gasteiger charge is 2.11. The van der Waals surface area contributed by atoms with E-state index in [2.05, 4.69) is 6.58 Å². The summed E-state index contributed by atoms with van der Waals surface area (Å²) in [5.74, 6) is 0.610. The third-order valence-corrected chi connectivity index (χ3v) is 1.54. The Morgan fingerprint density at radius 1 is 1.58 bits per heavy atom. The number of nitrogens with two attached hydrogens (primary N) is 1.